The number of nitrogens with one attached hydrogen (secondary N) is 1. The van der Waals surface area contributed by atoms with Gasteiger partial charge < -0.3 is 15.0 Å². The van der Waals surface area contributed by atoms with Gasteiger partial charge >= 0.3 is 5.97 Å². The average molecular weight is 551 g/mol. The predicted molar refractivity (Wildman–Crippen MR) is 162 cm³/mol. The molecule has 0 aliphatic heterocycles. The molecule has 0 bridgehead atoms. The van der Waals surface area contributed by atoms with Crippen molar-refractivity contribution in [2.24, 2.45) is 0 Å². The first kappa shape index (κ1) is 26.9. The van der Waals surface area contributed by atoms with E-state index < -0.39 is 5.97 Å². The Kier molecular flexibility index (Phi) is 7.53. The van der Waals surface area contributed by atoms with Crippen molar-refractivity contribution in [3.63, 3.8) is 0 Å². The van der Waals surface area contributed by atoms with Crippen molar-refractivity contribution < 1.29 is 14.3 Å². The van der Waals surface area contributed by atoms with E-state index in [4.69, 9.17) is 9.84 Å². The number of aryl methyl sites for hydroxylation is 2. The summed E-state index contributed by atoms with van der Waals surface area (Å²) in [7, 11) is 3.99. The van der Waals surface area contributed by atoms with Crippen LogP contribution in [0.15, 0.2) is 84.2 Å². The molecule has 0 radical (unpaired) electrons. The molecule has 0 aliphatic carbocycles. The van der Waals surface area contributed by atoms with Crippen LogP contribution in [0.25, 0.3) is 28.1 Å². The first-order chi connectivity index (χ1) is 19.2. The number of amides is 1. The van der Waals surface area contributed by atoms with Crippen molar-refractivity contribution in [2.75, 3.05) is 24.3 Å². The van der Waals surface area contributed by atoms with Gasteiger partial charge in [0, 0.05) is 38.0 Å². The van der Waals surface area contributed by atoms with Gasteiger partial charge in [-0.05, 0) is 66.8 Å². The number of ether oxygens (including phenoxy) is 1. The Balaban J connectivity index is 1.66. The lowest BCUT2D eigenvalue weighted by atomic mass is 10.0. The van der Waals surface area contributed by atoms with Crippen LogP contribution >= 0.6 is 11.3 Å². The number of esters is 1. The van der Waals surface area contributed by atoms with Crippen LogP contribution in [0.2, 0.25) is 0 Å². The second-order valence-corrected chi connectivity index (χ2v) is 10.7. The van der Waals surface area contributed by atoms with Crippen molar-refractivity contribution in [3.8, 4) is 34.0 Å². The van der Waals surface area contributed by atoms with Crippen LogP contribution in [0, 0.1) is 13.8 Å². The summed E-state index contributed by atoms with van der Waals surface area (Å²) in [6, 6.07) is 25.3. The molecule has 0 saturated carbocycles. The molecule has 0 saturated heterocycles. The topological polar surface area (TPSA) is 76.5 Å². The average Bonchev–Trinajstić information content (AvgIpc) is 3.58. The molecule has 5 rings (SSSR count). The van der Waals surface area contributed by atoms with E-state index in [2.05, 4.69) is 11.4 Å². The molecule has 0 aliphatic rings. The SMILES string of the molecule is CC(=O)Oc1c(-c2ccc(NC(=O)c3cccs3)cc2)c(-c2ccc(N(C)C)cc2)nn1-c1ccc(C)cc1C. The summed E-state index contributed by atoms with van der Waals surface area (Å²) in [5.74, 6) is -0.268. The Labute approximate surface area is 237 Å². The van der Waals surface area contributed by atoms with E-state index in [1.165, 1.54) is 18.3 Å². The fourth-order valence-electron chi connectivity index (χ4n) is 4.54. The molecular weight excluding hydrogens is 520 g/mol. The van der Waals surface area contributed by atoms with Gasteiger partial charge in [0.1, 0.15) is 5.69 Å². The van der Waals surface area contributed by atoms with Gasteiger partial charge in [0.2, 0.25) is 5.88 Å². The number of hydrogen-bond acceptors (Lipinski definition) is 6. The molecule has 0 fully saturated rings. The molecule has 0 spiro atoms. The molecule has 3 aromatic carbocycles. The van der Waals surface area contributed by atoms with Gasteiger partial charge in [0.25, 0.3) is 5.91 Å². The molecular formula is C32H30N4O3S. The van der Waals surface area contributed by atoms with Crippen molar-refractivity contribution >= 4 is 34.6 Å². The number of hydrogen-bond donors (Lipinski definition) is 1. The molecule has 5 aromatic rings. The first-order valence-electron chi connectivity index (χ1n) is 12.8. The number of nitrogens with zero attached hydrogens (tertiary/aromatic N) is 3. The molecule has 8 heteroatoms. The molecule has 2 aromatic heterocycles. The van der Waals surface area contributed by atoms with Crippen LogP contribution < -0.4 is 15.0 Å². The Morgan fingerprint density at radius 2 is 1.62 bits per heavy atom. The van der Waals surface area contributed by atoms with Gasteiger partial charge in [-0.2, -0.15) is 9.78 Å². The molecule has 1 amide bonds. The van der Waals surface area contributed by atoms with Crippen LogP contribution in [0.5, 0.6) is 5.88 Å². The van der Waals surface area contributed by atoms with Gasteiger partial charge in [0.05, 0.1) is 16.1 Å². The number of carbonyl (C=O) groups is 2. The summed E-state index contributed by atoms with van der Waals surface area (Å²) in [6.45, 7) is 5.44. The zero-order valence-corrected chi connectivity index (χ0v) is 23.9. The van der Waals surface area contributed by atoms with Crippen molar-refractivity contribution in [2.45, 2.75) is 20.8 Å². The summed E-state index contributed by atoms with van der Waals surface area (Å²) in [4.78, 5) is 27.6. The van der Waals surface area contributed by atoms with E-state index in [0.717, 1.165) is 33.6 Å². The number of rotatable bonds is 7. The summed E-state index contributed by atoms with van der Waals surface area (Å²) in [5, 5.41) is 9.81. The third-order valence-electron chi connectivity index (χ3n) is 6.50. The lowest BCUT2D eigenvalue weighted by Crippen LogP contribution is -2.10. The number of anilines is 2. The highest BCUT2D eigenvalue weighted by Crippen LogP contribution is 2.42. The third-order valence-corrected chi connectivity index (χ3v) is 7.37. The zero-order chi connectivity index (χ0) is 28.4. The van der Waals surface area contributed by atoms with E-state index in [1.807, 2.05) is 105 Å². The minimum Gasteiger partial charge on any atom is -0.407 e. The second kappa shape index (κ2) is 11.2. The van der Waals surface area contributed by atoms with Crippen LogP contribution in [-0.2, 0) is 4.79 Å². The number of carbonyl (C=O) groups excluding carboxylic acids is 2. The highest BCUT2D eigenvalue weighted by molar-refractivity contribution is 7.12. The molecule has 0 atom stereocenters. The molecule has 40 heavy (non-hydrogen) atoms. The predicted octanol–water partition coefficient (Wildman–Crippen LogP) is 7.13. The van der Waals surface area contributed by atoms with Crippen LogP contribution in [0.1, 0.15) is 27.7 Å². The number of benzene rings is 3. The monoisotopic (exact) mass is 550 g/mol. The van der Waals surface area contributed by atoms with Crippen molar-refractivity contribution in [1.29, 1.82) is 0 Å². The van der Waals surface area contributed by atoms with Gasteiger partial charge in [-0.25, -0.2) is 0 Å². The quantitative estimate of drug-likeness (QED) is 0.218. The van der Waals surface area contributed by atoms with Crippen LogP contribution in [0.3, 0.4) is 0 Å². The van der Waals surface area contributed by atoms with E-state index in [1.54, 1.807) is 10.7 Å². The van der Waals surface area contributed by atoms with E-state index >= 15 is 0 Å². The zero-order valence-electron chi connectivity index (χ0n) is 23.1. The highest BCUT2D eigenvalue weighted by Gasteiger charge is 2.25. The van der Waals surface area contributed by atoms with Gasteiger partial charge in [-0.1, -0.05) is 48.0 Å². The number of aromatic nitrogens is 2. The first-order valence-corrected chi connectivity index (χ1v) is 13.7. The van der Waals surface area contributed by atoms with E-state index in [-0.39, 0.29) is 5.91 Å². The molecule has 1 N–H and O–H groups in total. The summed E-state index contributed by atoms with van der Waals surface area (Å²) in [6.07, 6.45) is 0. The second-order valence-electron chi connectivity index (χ2n) is 9.77. The third kappa shape index (κ3) is 5.53. The van der Waals surface area contributed by atoms with E-state index in [9.17, 15) is 9.59 Å². The molecule has 0 unspecified atom stereocenters. The molecule has 2 heterocycles. The normalized spacial score (nSPS) is 10.8. The van der Waals surface area contributed by atoms with Crippen LogP contribution in [0.4, 0.5) is 11.4 Å². The molecule has 7 nitrogen and oxygen atoms in total. The van der Waals surface area contributed by atoms with Crippen LogP contribution in [-0.4, -0.2) is 35.8 Å². The Morgan fingerprint density at radius 1 is 0.925 bits per heavy atom. The highest BCUT2D eigenvalue weighted by atomic mass is 32.1. The maximum absolute atomic E-state index is 12.6. The summed E-state index contributed by atoms with van der Waals surface area (Å²) < 4.78 is 7.56. The Bertz CT molecular complexity index is 1670. The lowest BCUT2D eigenvalue weighted by molar-refractivity contribution is -0.132. The lowest BCUT2D eigenvalue weighted by Gasteiger charge is -2.13. The number of thiophene rings is 1. The fourth-order valence-corrected chi connectivity index (χ4v) is 5.16. The van der Waals surface area contributed by atoms with Crippen molar-refractivity contribution in [3.05, 3.63) is 100 Å². The standard InChI is InChI=1S/C32H30N4O3S/c1-20-8-17-27(21(2)19-20)36-32(39-22(3)37)29(30(34-36)24-11-15-26(16-12-24)35(4)5)23-9-13-25(14-10-23)33-31(38)28-7-6-18-40-28/h6-19H,1-5H3,(H,33,38). The largest absolute Gasteiger partial charge is 0.407 e. The molecule has 202 valence electrons. The maximum Gasteiger partial charge on any atom is 0.309 e. The minimum absolute atomic E-state index is 0.160. The van der Waals surface area contributed by atoms with Gasteiger partial charge in [0.15, 0.2) is 0 Å². The summed E-state index contributed by atoms with van der Waals surface area (Å²) in [5.41, 5.74) is 7.71. The van der Waals surface area contributed by atoms with Gasteiger partial charge in [-0.3, -0.25) is 9.59 Å². The van der Waals surface area contributed by atoms with Gasteiger partial charge in [-0.15, -0.1) is 11.3 Å². The Hall–Kier alpha value is -4.69. The fraction of sp³-hybridized carbons (Fsp3) is 0.156. The van der Waals surface area contributed by atoms with E-state index in [0.29, 0.717) is 27.7 Å². The minimum atomic E-state index is -0.443. The van der Waals surface area contributed by atoms with Crippen molar-refractivity contribution in [1.82, 2.24) is 9.78 Å². The maximum atomic E-state index is 12.6. The summed E-state index contributed by atoms with van der Waals surface area (Å²) >= 11 is 1.39. The Morgan fingerprint density at radius 3 is 2.23 bits per heavy atom. The smallest absolute Gasteiger partial charge is 0.309 e.